The van der Waals surface area contributed by atoms with E-state index in [1.165, 1.54) is 18.3 Å². The zero-order valence-electron chi connectivity index (χ0n) is 13.3. The molecule has 0 saturated carbocycles. The van der Waals surface area contributed by atoms with E-state index in [1.54, 1.807) is 0 Å². The van der Waals surface area contributed by atoms with Gasteiger partial charge in [-0.15, -0.1) is 11.3 Å². The van der Waals surface area contributed by atoms with E-state index in [4.69, 9.17) is 15.2 Å². The van der Waals surface area contributed by atoms with Crippen molar-refractivity contribution in [3.63, 3.8) is 0 Å². The molecule has 21 heavy (non-hydrogen) atoms. The number of Topliss-reactive ketones (excluding diaryl/α,β-unsaturated/α-hetero) is 1. The van der Waals surface area contributed by atoms with E-state index in [9.17, 15) is 4.79 Å². The fourth-order valence-electron chi connectivity index (χ4n) is 2.58. The Kier molecular flexibility index (Phi) is 4.78. The van der Waals surface area contributed by atoms with Crippen LogP contribution in [-0.4, -0.2) is 37.2 Å². The molecular formula is C15H24N2O3S. The van der Waals surface area contributed by atoms with Crippen LogP contribution in [0.15, 0.2) is 0 Å². The Bertz CT molecular complexity index is 517. The highest BCUT2D eigenvalue weighted by atomic mass is 32.1. The molecule has 0 amide bonds. The third-order valence-electron chi connectivity index (χ3n) is 3.26. The average molecular weight is 312 g/mol. The molecule has 0 radical (unpaired) electrons. The van der Waals surface area contributed by atoms with Crippen LogP contribution in [-0.2, 0) is 4.74 Å². The third-order valence-corrected chi connectivity index (χ3v) is 4.61. The second-order valence-corrected chi connectivity index (χ2v) is 6.86. The van der Waals surface area contributed by atoms with Crippen LogP contribution >= 0.6 is 11.3 Å². The summed E-state index contributed by atoms with van der Waals surface area (Å²) < 4.78 is 11.6. The van der Waals surface area contributed by atoms with Gasteiger partial charge in [0.05, 0.1) is 28.9 Å². The summed E-state index contributed by atoms with van der Waals surface area (Å²) in [4.78, 5) is 14.5. The Morgan fingerprint density at radius 2 is 1.95 bits per heavy atom. The number of ether oxygens (including phenoxy) is 2. The van der Waals surface area contributed by atoms with Gasteiger partial charge in [0.25, 0.3) is 0 Å². The highest BCUT2D eigenvalue weighted by Gasteiger charge is 2.29. The molecule has 1 fully saturated rings. The zero-order chi connectivity index (χ0) is 15.7. The van der Waals surface area contributed by atoms with Crippen LogP contribution in [0.4, 0.5) is 10.7 Å². The zero-order valence-corrected chi connectivity index (χ0v) is 14.1. The summed E-state index contributed by atoms with van der Waals surface area (Å²) >= 11 is 1.42. The average Bonchev–Trinajstić information content (AvgIpc) is 2.65. The first-order valence-electron chi connectivity index (χ1n) is 7.29. The number of carbonyl (C=O) groups excluding carboxylic acids is 1. The van der Waals surface area contributed by atoms with Crippen LogP contribution in [0.1, 0.15) is 44.3 Å². The van der Waals surface area contributed by atoms with Crippen LogP contribution in [0.3, 0.4) is 0 Å². The van der Waals surface area contributed by atoms with Gasteiger partial charge in [-0.05, 0) is 27.7 Å². The van der Waals surface area contributed by atoms with Gasteiger partial charge in [0.2, 0.25) is 0 Å². The van der Waals surface area contributed by atoms with Gasteiger partial charge in [0.1, 0.15) is 5.00 Å². The van der Waals surface area contributed by atoms with E-state index in [2.05, 4.69) is 18.7 Å². The molecule has 0 bridgehead atoms. The van der Waals surface area contributed by atoms with Crippen molar-refractivity contribution in [3.8, 4) is 5.75 Å². The first kappa shape index (κ1) is 16.1. The second kappa shape index (κ2) is 6.23. The molecular weight excluding hydrogens is 288 g/mol. The van der Waals surface area contributed by atoms with E-state index < -0.39 is 0 Å². The topological polar surface area (TPSA) is 64.8 Å². The van der Waals surface area contributed by atoms with Crippen molar-refractivity contribution in [2.45, 2.75) is 52.9 Å². The maximum atomic E-state index is 11.8. The van der Waals surface area contributed by atoms with Gasteiger partial charge >= 0.3 is 0 Å². The van der Waals surface area contributed by atoms with E-state index in [1.807, 2.05) is 13.8 Å². The number of carbonyl (C=O) groups is 1. The van der Waals surface area contributed by atoms with Gasteiger partial charge in [-0.1, -0.05) is 0 Å². The molecule has 1 aromatic heterocycles. The number of nitrogens with zero attached hydrogens (tertiary/aromatic N) is 1. The Morgan fingerprint density at radius 3 is 2.43 bits per heavy atom. The number of thiophene rings is 1. The fraction of sp³-hybridized carbons (Fsp3) is 0.667. The molecule has 6 heteroatoms. The Morgan fingerprint density at radius 1 is 1.38 bits per heavy atom. The van der Waals surface area contributed by atoms with Gasteiger partial charge in [-0.3, -0.25) is 4.79 Å². The summed E-state index contributed by atoms with van der Waals surface area (Å²) in [5.41, 5.74) is 6.60. The lowest BCUT2D eigenvalue weighted by molar-refractivity contribution is -0.00515. The second-order valence-electron chi connectivity index (χ2n) is 5.86. The molecule has 1 aliphatic rings. The molecule has 1 aliphatic heterocycles. The number of nitrogens with two attached hydrogens (primary N) is 1. The molecule has 2 N–H and O–H groups in total. The summed E-state index contributed by atoms with van der Waals surface area (Å²) in [7, 11) is 0. The maximum absolute atomic E-state index is 11.8. The van der Waals surface area contributed by atoms with Crippen molar-refractivity contribution >= 4 is 27.8 Å². The lowest BCUT2D eigenvalue weighted by Gasteiger charge is -2.36. The number of morpholine rings is 1. The Labute approximate surface area is 130 Å². The molecule has 0 unspecified atom stereocenters. The molecule has 5 nitrogen and oxygen atoms in total. The molecule has 0 spiro atoms. The largest absolute Gasteiger partial charge is 0.486 e. The van der Waals surface area contributed by atoms with Crippen molar-refractivity contribution in [1.82, 2.24) is 0 Å². The van der Waals surface area contributed by atoms with Crippen LogP contribution in [0.2, 0.25) is 0 Å². The van der Waals surface area contributed by atoms with E-state index in [0.29, 0.717) is 16.3 Å². The van der Waals surface area contributed by atoms with Crippen molar-refractivity contribution in [3.05, 3.63) is 4.88 Å². The van der Waals surface area contributed by atoms with Gasteiger partial charge < -0.3 is 20.1 Å². The molecule has 1 saturated heterocycles. The quantitative estimate of drug-likeness (QED) is 0.866. The standard InChI is InChI=1S/C15H24N2O3S/c1-8(2)19-13-12(16)14(11(5)18)21-15(13)17-6-9(3)20-10(4)7-17/h8-10H,6-7,16H2,1-5H3/t9-,10+. The first-order valence-corrected chi connectivity index (χ1v) is 8.11. The predicted octanol–water partition coefficient (Wildman–Crippen LogP) is 2.93. The first-order chi connectivity index (χ1) is 9.79. The monoisotopic (exact) mass is 312 g/mol. The van der Waals surface area contributed by atoms with Gasteiger partial charge in [-0.2, -0.15) is 0 Å². The number of hydrogen-bond acceptors (Lipinski definition) is 6. The van der Waals surface area contributed by atoms with Gasteiger partial charge in [0.15, 0.2) is 11.5 Å². The van der Waals surface area contributed by atoms with Crippen LogP contribution < -0.4 is 15.4 Å². The van der Waals surface area contributed by atoms with E-state index in [-0.39, 0.29) is 24.1 Å². The smallest absolute Gasteiger partial charge is 0.177 e. The lowest BCUT2D eigenvalue weighted by atomic mass is 10.2. The predicted molar refractivity (Wildman–Crippen MR) is 86.7 cm³/mol. The number of hydrogen-bond donors (Lipinski definition) is 1. The third kappa shape index (κ3) is 3.49. The van der Waals surface area contributed by atoms with Crippen molar-refractivity contribution in [1.29, 1.82) is 0 Å². The molecule has 2 rings (SSSR count). The van der Waals surface area contributed by atoms with Crippen molar-refractivity contribution in [2.75, 3.05) is 23.7 Å². The summed E-state index contributed by atoms with van der Waals surface area (Å²) in [6.07, 6.45) is 0.297. The highest BCUT2D eigenvalue weighted by Crippen LogP contribution is 2.46. The van der Waals surface area contributed by atoms with Gasteiger partial charge in [0, 0.05) is 20.0 Å². The summed E-state index contributed by atoms with van der Waals surface area (Å²) in [6.45, 7) is 11.1. The molecule has 1 aromatic rings. The molecule has 0 aromatic carbocycles. The minimum atomic E-state index is -0.0216. The number of anilines is 2. The molecule has 118 valence electrons. The van der Waals surface area contributed by atoms with Crippen molar-refractivity contribution < 1.29 is 14.3 Å². The number of rotatable bonds is 4. The molecule has 2 heterocycles. The van der Waals surface area contributed by atoms with Crippen LogP contribution in [0, 0.1) is 0 Å². The number of ketones is 1. The fourth-order valence-corrected chi connectivity index (χ4v) is 3.65. The van der Waals surface area contributed by atoms with Crippen molar-refractivity contribution in [2.24, 2.45) is 0 Å². The number of nitrogen functional groups attached to an aromatic ring is 1. The summed E-state index contributed by atoms with van der Waals surface area (Å²) in [5, 5.41) is 0.938. The van der Waals surface area contributed by atoms with E-state index in [0.717, 1.165) is 18.1 Å². The van der Waals surface area contributed by atoms with E-state index >= 15 is 0 Å². The highest BCUT2D eigenvalue weighted by molar-refractivity contribution is 7.19. The molecule has 0 aliphatic carbocycles. The van der Waals surface area contributed by atoms with Crippen LogP contribution in [0.25, 0.3) is 0 Å². The minimum Gasteiger partial charge on any atom is -0.486 e. The SMILES string of the molecule is CC(=O)c1sc(N2C[C@@H](C)O[C@@H](C)C2)c(OC(C)C)c1N. The Hall–Kier alpha value is -1.27. The minimum absolute atomic E-state index is 0.0105. The Balaban J connectivity index is 2.41. The van der Waals surface area contributed by atoms with Gasteiger partial charge in [-0.25, -0.2) is 0 Å². The maximum Gasteiger partial charge on any atom is 0.177 e. The summed E-state index contributed by atoms with van der Waals surface area (Å²) in [5.74, 6) is 0.619. The van der Waals surface area contributed by atoms with Crippen LogP contribution in [0.5, 0.6) is 5.75 Å². The molecule has 2 atom stereocenters. The summed E-state index contributed by atoms with van der Waals surface area (Å²) in [6, 6.07) is 0. The lowest BCUT2D eigenvalue weighted by Crippen LogP contribution is -2.45. The normalized spacial score (nSPS) is 22.7.